The first-order valence-electron chi connectivity index (χ1n) is 32.1. The Morgan fingerprint density at radius 1 is 0.311 bits per heavy atom. The van der Waals surface area contributed by atoms with E-state index in [2.05, 4.69) is 106 Å². The minimum absolute atomic E-state index is 0.0732. The van der Waals surface area contributed by atoms with Crippen LogP contribution in [0.3, 0.4) is 0 Å². The number of hydrogen-bond acceptors (Lipinski definition) is 5. The van der Waals surface area contributed by atoms with Gasteiger partial charge < -0.3 is 14.2 Å². The quantitative estimate of drug-likeness (QED) is 0.0345. The molecule has 0 rings (SSSR count). The molecular weight excluding hydrogens is 909 g/mol. The second-order valence-electron chi connectivity index (χ2n) is 21.3. The zero-order valence-corrected chi connectivity index (χ0v) is 49.3. The maximum Gasteiger partial charge on any atom is 0.306 e. The molecule has 0 radical (unpaired) electrons. The Morgan fingerprint density at radius 2 is 0.608 bits per heavy atom. The van der Waals surface area contributed by atoms with E-state index in [9.17, 15) is 9.59 Å². The molecule has 0 saturated heterocycles. The number of carbonyl (C=O) groups excluding carboxylic acids is 2. The second-order valence-corrected chi connectivity index (χ2v) is 21.3. The normalized spacial score (nSPS) is 12.7. The maximum atomic E-state index is 12.9. The van der Waals surface area contributed by atoms with Crippen LogP contribution in [0.2, 0.25) is 0 Å². The highest BCUT2D eigenvalue weighted by Crippen LogP contribution is 2.17. The lowest BCUT2D eigenvalue weighted by Crippen LogP contribution is -2.30. The number of carbonyl (C=O) groups is 2. The van der Waals surface area contributed by atoms with E-state index in [1.807, 2.05) is 0 Å². The number of esters is 2. The molecule has 1 atom stereocenters. The van der Waals surface area contributed by atoms with E-state index in [1.165, 1.54) is 193 Å². The molecule has 0 aliphatic carbocycles. The second kappa shape index (κ2) is 64.4. The Bertz CT molecular complexity index is 1350. The van der Waals surface area contributed by atoms with E-state index in [0.717, 1.165) is 89.9 Å². The maximum absolute atomic E-state index is 12.9. The van der Waals surface area contributed by atoms with Gasteiger partial charge in [-0.25, -0.2) is 0 Å². The van der Waals surface area contributed by atoms with Gasteiger partial charge in [-0.2, -0.15) is 0 Å². The van der Waals surface area contributed by atoms with Crippen LogP contribution in [0, 0.1) is 0 Å². The predicted octanol–water partition coefficient (Wildman–Crippen LogP) is 22.4. The first-order valence-corrected chi connectivity index (χ1v) is 32.1. The average Bonchev–Trinajstić information content (AvgIpc) is 3.40. The van der Waals surface area contributed by atoms with Crippen molar-refractivity contribution < 1.29 is 23.8 Å². The van der Waals surface area contributed by atoms with Crippen molar-refractivity contribution in [2.45, 2.75) is 322 Å². The lowest BCUT2D eigenvalue weighted by atomic mass is 10.0. The third kappa shape index (κ3) is 61.6. The van der Waals surface area contributed by atoms with Gasteiger partial charge in [0.2, 0.25) is 0 Å². The number of unbranched alkanes of at least 4 members (excludes halogenated alkanes) is 34. The van der Waals surface area contributed by atoms with Crippen molar-refractivity contribution in [2.24, 2.45) is 0 Å². The number of allylic oxidation sites excluding steroid dienone is 14. The van der Waals surface area contributed by atoms with Crippen molar-refractivity contribution >= 4 is 11.9 Å². The molecule has 0 saturated carbocycles. The summed E-state index contributed by atoms with van der Waals surface area (Å²) in [6, 6.07) is 0. The summed E-state index contributed by atoms with van der Waals surface area (Å²) >= 11 is 0. The summed E-state index contributed by atoms with van der Waals surface area (Å²) in [7, 11) is 0. The van der Waals surface area contributed by atoms with Gasteiger partial charge >= 0.3 is 11.9 Å². The summed E-state index contributed by atoms with van der Waals surface area (Å²) in [5.41, 5.74) is 0. The van der Waals surface area contributed by atoms with E-state index >= 15 is 0 Å². The van der Waals surface area contributed by atoms with Gasteiger partial charge in [-0.15, -0.1) is 0 Å². The molecule has 0 fully saturated rings. The molecule has 74 heavy (non-hydrogen) atoms. The fourth-order valence-corrected chi connectivity index (χ4v) is 9.16. The molecule has 0 bridgehead atoms. The zero-order valence-electron chi connectivity index (χ0n) is 49.3. The van der Waals surface area contributed by atoms with Gasteiger partial charge in [-0.05, 0) is 96.3 Å². The molecule has 5 nitrogen and oxygen atoms in total. The number of ether oxygens (including phenoxy) is 3. The van der Waals surface area contributed by atoms with Crippen molar-refractivity contribution in [1.82, 2.24) is 0 Å². The summed E-state index contributed by atoms with van der Waals surface area (Å²) in [4.78, 5) is 25.6. The van der Waals surface area contributed by atoms with E-state index in [0.29, 0.717) is 19.4 Å². The Labute approximate surface area is 460 Å². The number of rotatable bonds is 59. The van der Waals surface area contributed by atoms with E-state index in [1.54, 1.807) is 0 Å². The summed E-state index contributed by atoms with van der Waals surface area (Å²) in [5.74, 6) is -0.406. The topological polar surface area (TPSA) is 61.8 Å². The number of hydrogen-bond donors (Lipinski definition) is 0. The van der Waals surface area contributed by atoms with Crippen LogP contribution >= 0.6 is 0 Å². The standard InChI is InChI=1S/C69H122O5/c1-4-7-10-13-16-19-22-25-28-31-34-37-40-43-46-49-52-55-58-61-64-72-65-67(74-69(71)63-60-57-54-51-48-45-42-39-36-33-30-27-24-21-18-15-12-9-6-3)66-73-68(70)62-59-56-53-50-47-44-41-38-35-32-29-26-23-20-17-14-11-8-5-2/h8,11,16-17,19-20,25-26,28-29,34-35,37-38,67H,4-7,9-10,12-15,18,21-24,27,30-33,36,39-66H2,1-3H3/b11-8-,19-16-,20-17-,28-25-,29-26-,37-34-,38-35-. The summed E-state index contributed by atoms with van der Waals surface area (Å²) in [6.07, 6.45) is 86.2. The molecule has 0 aromatic rings. The predicted molar refractivity (Wildman–Crippen MR) is 325 cm³/mol. The molecule has 0 spiro atoms. The first kappa shape index (κ1) is 71.1. The molecule has 5 heteroatoms. The molecular formula is C69H122O5. The highest BCUT2D eigenvalue weighted by Gasteiger charge is 2.18. The lowest BCUT2D eigenvalue weighted by Gasteiger charge is -2.18. The molecule has 0 aromatic carbocycles. The van der Waals surface area contributed by atoms with E-state index in [-0.39, 0.29) is 25.2 Å². The minimum atomic E-state index is -0.552. The molecule has 0 amide bonds. The van der Waals surface area contributed by atoms with Gasteiger partial charge in [0.25, 0.3) is 0 Å². The van der Waals surface area contributed by atoms with Gasteiger partial charge in [0.15, 0.2) is 6.10 Å². The van der Waals surface area contributed by atoms with E-state index < -0.39 is 6.10 Å². The smallest absolute Gasteiger partial charge is 0.306 e. The zero-order chi connectivity index (χ0) is 53.4. The van der Waals surface area contributed by atoms with Crippen LogP contribution < -0.4 is 0 Å². The molecule has 0 heterocycles. The van der Waals surface area contributed by atoms with Crippen molar-refractivity contribution in [2.75, 3.05) is 19.8 Å². The van der Waals surface area contributed by atoms with Crippen LogP contribution in [-0.4, -0.2) is 37.9 Å². The highest BCUT2D eigenvalue weighted by atomic mass is 16.6. The van der Waals surface area contributed by atoms with Crippen molar-refractivity contribution in [3.63, 3.8) is 0 Å². The van der Waals surface area contributed by atoms with E-state index in [4.69, 9.17) is 14.2 Å². The Kier molecular flexibility index (Phi) is 61.8. The van der Waals surface area contributed by atoms with Crippen LogP contribution in [-0.2, 0) is 23.8 Å². The van der Waals surface area contributed by atoms with Gasteiger partial charge in [0.05, 0.1) is 6.61 Å². The Morgan fingerprint density at radius 3 is 1.00 bits per heavy atom. The third-order valence-corrected chi connectivity index (χ3v) is 13.9. The fourth-order valence-electron chi connectivity index (χ4n) is 9.16. The molecule has 428 valence electrons. The molecule has 1 unspecified atom stereocenters. The SMILES string of the molecule is CC/C=C\C/C=C\C/C=C\C/C=C\CCCCCCCCC(=O)OCC(COCCCCCCCCC/C=C\C/C=C\C/C=C\CCCCC)OC(=O)CCCCCCCCCCCCCCCCCCCCC. The summed E-state index contributed by atoms with van der Waals surface area (Å²) < 4.78 is 17.5. The summed E-state index contributed by atoms with van der Waals surface area (Å²) in [5, 5.41) is 0. The van der Waals surface area contributed by atoms with Crippen molar-refractivity contribution in [1.29, 1.82) is 0 Å². The summed E-state index contributed by atoms with van der Waals surface area (Å²) in [6.45, 7) is 7.70. The monoisotopic (exact) mass is 1030 g/mol. The van der Waals surface area contributed by atoms with Crippen molar-refractivity contribution in [3.05, 3.63) is 85.1 Å². The third-order valence-electron chi connectivity index (χ3n) is 13.9. The highest BCUT2D eigenvalue weighted by molar-refractivity contribution is 5.70. The van der Waals surface area contributed by atoms with Crippen LogP contribution in [0.1, 0.15) is 316 Å². The lowest BCUT2D eigenvalue weighted by molar-refractivity contribution is -0.163. The van der Waals surface area contributed by atoms with Gasteiger partial charge in [0, 0.05) is 19.4 Å². The largest absolute Gasteiger partial charge is 0.462 e. The first-order chi connectivity index (χ1) is 36.6. The van der Waals surface area contributed by atoms with Crippen LogP contribution in [0.5, 0.6) is 0 Å². The van der Waals surface area contributed by atoms with Gasteiger partial charge in [-0.3, -0.25) is 9.59 Å². The minimum Gasteiger partial charge on any atom is -0.462 e. The van der Waals surface area contributed by atoms with Gasteiger partial charge in [0.1, 0.15) is 6.61 Å². The molecule has 0 aliphatic rings. The molecule has 0 aliphatic heterocycles. The van der Waals surface area contributed by atoms with Crippen LogP contribution in [0.15, 0.2) is 85.1 Å². The Hall–Kier alpha value is -2.92. The van der Waals surface area contributed by atoms with Gasteiger partial charge in [-0.1, -0.05) is 292 Å². The molecule has 0 aromatic heterocycles. The average molecular weight is 1030 g/mol. The van der Waals surface area contributed by atoms with Crippen LogP contribution in [0.4, 0.5) is 0 Å². The Balaban J connectivity index is 4.32. The van der Waals surface area contributed by atoms with Crippen LogP contribution in [0.25, 0.3) is 0 Å². The van der Waals surface area contributed by atoms with Crippen molar-refractivity contribution in [3.8, 4) is 0 Å². The molecule has 0 N–H and O–H groups in total. The fraction of sp³-hybridized carbons (Fsp3) is 0.768.